The number of ether oxygens (including phenoxy) is 1. The average molecular weight is 343 g/mol. The van der Waals surface area contributed by atoms with Gasteiger partial charge < -0.3 is 10.1 Å². The lowest BCUT2D eigenvalue weighted by Gasteiger charge is -2.35. The molecule has 1 atom stereocenters. The van der Waals surface area contributed by atoms with E-state index in [1.54, 1.807) is 6.07 Å². The molecule has 21 heavy (non-hydrogen) atoms. The van der Waals surface area contributed by atoms with Crippen molar-refractivity contribution in [2.24, 2.45) is 5.92 Å². The van der Waals surface area contributed by atoms with Crippen molar-refractivity contribution >= 4 is 34.8 Å². The van der Waals surface area contributed by atoms with E-state index in [0.717, 1.165) is 18.7 Å². The summed E-state index contributed by atoms with van der Waals surface area (Å²) in [6.07, 6.45) is -0.0964. The summed E-state index contributed by atoms with van der Waals surface area (Å²) in [6.45, 7) is 1.82. The van der Waals surface area contributed by atoms with Crippen LogP contribution in [0.5, 0.6) is 5.75 Å². The Bertz CT molecular complexity index is 643. The highest BCUT2D eigenvalue weighted by Gasteiger charge is 2.31. The quantitative estimate of drug-likeness (QED) is 0.845. The number of nitrogens with one attached hydrogen (secondary N) is 1. The molecule has 0 unspecified atom stereocenters. The first kappa shape index (κ1) is 15.0. The second kappa shape index (κ2) is 6.45. The molecule has 1 aliphatic heterocycles. The second-order valence-corrected chi connectivity index (χ2v) is 6.28. The minimum Gasteiger partial charge on any atom is -0.484 e. The Hall–Kier alpha value is -0.930. The summed E-state index contributed by atoms with van der Waals surface area (Å²) in [6, 6.07) is 13.1. The van der Waals surface area contributed by atoms with Crippen molar-refractivity contribution in [3.63, 3.8) is 0 Å². The molecule has 5 heteroatoms. The van der Waals surface area contributed by atoms with Gasteiger partial charge in [-0.25, -0.2) is 0 Å². The molecule has 0 aliphatic carbocycles. The van der Waals surface area contributed by atoms with Crippen molar-refractivity contribution in [3.8, 4) is 5.75 Å². The summed E-state index contributed by atoms with van der Waals surface area (Å²) in [5.74, 6) is 1.07. The highest BCUT2D eigenvalue weighted by Crippen LogP contribution is 2.36. The molecule has 1 heterocycles. The molecule has 0 bridgehead atoms. The molecule has 2 aromatic carbocycles. The van der Waals surface area contributed by atoms with Crippen LogP contribution >= 0.6 is 34.8 Å². The highest BCUT2D eigenvalue weighted by atomic mass is 35.5. The van der Waals surface area contributed by atoms with Gasteiger partial charge in [-0.15, -0.1) is 0 Å². The fourth-order valence-electron chi connectivity index (χ4n) is 2.33. The van der Waals surface area contributed by atoms with Gasteiger partial charge in [0.25, 0.3) is 0 Å². The lowest BCUT2D eigenvalue weighted by Crippen LogP contribution is -2.46. The zero-order chi connectivity index (χ0) is 14.8. The predicted molar refractivity (Wildman–Crippen MR) is 87.6 cm³/mol. The molecule has 0 spiro atoms. The standard InChI is InChI=1S/C16H14Cl3NO/c17-12-6-5-10(7-14(12)19)16(11-8-20-9-11)21-15-4-2-1-3-13(15)18/h1-7,11,16,20H,8-9H2/t16-/m0/s1. The van der Waals surface area contributed by atoms with Crippen molar-refractivity contribution in [1.82, 2.24) is 5.32 Å². The van der Waals surface area contributed by atoms with Crippen molar-refractivity contribution in [2.75, 3.05) is 13.1 Å². The number of hydrogen-bond donors (Lipinski definition) is 1. The van der Waals surface area contributed by atoms with Gasteiger partial charge in [-0.2, -0.15) is 0 Å². The van der Waals surface area contributed by atoms with E-state index in [0.29, 0.717) is 26.7 Å². The molecule has 0 aromatic heterocycles. The first-order chi connectivity index (χ1) is 10.1. The number of hydrogen-bond acceptors (Lipinski definition) is 2. The molecule has 0 saturated carbocycles. The minimum absolute atomic E-state index is 0.0964. The number of benzene rings is 2. The van der Waals surface area contributed by atoms with Gasteiger partial charge in [0.1, 0.15) is 11.9 Å². The van der Waals surface area contributed by atoms with Crippen LogP contribution in [-0.4, -0.2) is 13.1 Å². The maximum absolute atomic E-state index is 6.19. The van der Waals surface area contributed by atoms with E-state index in [1.165, 1.54) is 0 Å². The van der Waals surface area contributed by atoms with E-state index in [-0.39, 0.29) is 6.10 Å². The normalized spacial score (nSPS) is 16.3. The predicted octanol–water partition coefficient (Wildman–Crippen LogP) is 4.99. The Morgan fingerprint density at radius 2 is 1.71 bits per heavy atom. The van der Waals surface area contributed by atoms with Gasteiger partial charge in [0.2, 0.25) is 0 Å². The molecule has 0 amide bonds. The summed E-state index contributed by atoms with van der Waals surface area (Å²) in [5.41, 5.74) is 1.01. The maximum atomic E-state index is 6.19. The average Bonchev–Trinajstić information content (AvgIpc) is 2.41. The van der Waals surface area contributed by atoms with Crippen LogP contribution in [-0.2, 0) is 0 Å². The lowest BCUT2D eigenvalue weighted by molar-refractivity contribution is 0.0994. The van der Waals surface area contributed by atoms with Gasteiger partial charge in [0.15, 0.2) is 0 Å². The third kappa shape index (κ3) is 3.29. The third-order valence-corrected chi connectivity index (χ3v) is 4.66. The number of rotatable bonds is 4. The van der Waals surface area contributed by atoms with E-state index >= 15 is 0 Å². The van der Waals surface area contributed by atoms with Gasteiger partial charge in [-0.05, 0) is 29.8 Å². The first-order valence-corrected chi connectivity index (χ1v) is 7.85. The van der Waals surface area contributed by atoms with Gasteiger partial charge in [-0.1, -0.05) is 53.0 Å². The molecule has 3 rings (SSSR count). The van der Waals surface area contributed by atoms with Crippen LogP contribution in [0, 0.1) is 5.92 Å². The summed E-state index contributed by atoms with van der Waals surface area (Å²) < 4.78 is 6.16. The van der Waals surface area contributed by atoms with Crippen LogP contribution in [0.1, 0.15) is 11.7 Å². The Kier molecular flexibility index (Phi) is 4.60. The van der Waals surface area contributed by atoms with Crippen LogP contribution < -0.4 is 10.1 Å². The molecular formula is C16H14Cl3NO. The summed E-state index contributed by atoms with van der Waals surface area (Å²) in [7, 11) is 0. The summed E-state index contributed by atoms with van der Waals surface area (Å²) >= 11 is 18.3. The van der Waals surface area contributed by atoms with E-state index in [2.05, 4.69) is 5.32 Å². The molecule has 2 aromatic rings. The topological polar surface area (TPSA) is 21.3 Å². The Balaban J connectivity index is 1.90. The van der Waals surface area contributed by atoms with Gasteiger partial charge in [-0.3, -0.25) is 0 Å². The molecule has 1 fully saturated rings. The van der Waals surface area contributed by atoms with Crippen molar-refractivity contribution in [3.05, 3.63) is 63.1 Å². The third-order valence-electron chi connectivity index (χ3n) is 3.60. The lowest BCUT2D eigenvalue weighted by atomic mass is 9.91. The molecule has 110 valence electrons. The monoisotopic (exact) mass is 341 g/mol. The van der Waals surface area contributed by atoms with E-state index < -0.39 is 0 Å². The fraction of sp³-hybridized carbons (Fsp3) is 0.250. The van der Waals surface area contributed by atoms with Crippen molar-refractivity contribution in [2.45, 2.75) is 6.10 Å². The summed E-state index contributed by atoms with van der Waals surface area (Å²) in [4.78, 5) is 0. The fourth-order valence-corrected chi connectivity index (χ4v) is 2.81. The number of para-hydroxylation sites is 1. The maximum Gasteiger partial charge on any atom is 0.138 e. The molecule has 1 saturated heterocycles. The molecule has 0 radical (unpaired) electrons. The second-order valence-electron chi connectivity index (χ2n) is 5.06. The Morgan fingerprint density at radius 1 is 0.952 bits per heavy atom. The van der Waals surface area contributed by atoms with E-state index in [1.807, 2.05) is 36.4 Å². The molecule has 1 N–H and O–H groups in total. The molecule has 2 nitrogen and oxygen atoms in total. The highest BCUT2D eigenvalue weighted by molar-refractivity contribution is 6.42. The van der Waals surface area contributed by atoms with Crippen molar-refractivity contribution < 1.29 is 4.74 Å². The first-order valence-electron chi connectivity index (χ1n) is 6.72. The molecule has 1 aliphatic rings. The van der Waals surface area contributed by atoms with Crippen LogP contribution in [0.25, 0.3) is 0 Å². The smallest absolute Gasteiger partial charge is 0.138 e. The largest absolute Gasteiger partial charge is 0.484 e. The van der Waals surface area contributed by atoms with Gasteiger partial charge in [0.05, 0.1) is 15.1 Å². The van der Waals surface area contributed by atoms with Crippen molar-refractivity contribution in [1.29, 1.82) is 0 Å². The van der Waals surface area contributed by atoms with E-state index in [4.69, 9.17) is 39.5 Å². The van der Waals surface area contributed by atoms with Crippen LogP contribution in [0.2, 0.25) is 15.1 Å². The zero-order valence-electron chi connectivity index (χ0n) is 11.2. The zero-order valence-corrected chi connectivity index (χ0v) is 13.4. The van der Waals surface area contributed by atoms with E-state index in [9.17, 15) is 0 Å². The SMILES string of the molecule is Clc1ccc([C@H](Oc2ccccc2Cl)C2CNC2)cc1Cl. The van der Waals surface area contributed by atoms with Crippen LogP contribution in [0.4, 0.5) is 0 Å². The van der Waals surface area contributed by atoms with Gasteiger partial charge in [0, 0.05) is 19.0 Å². The Labute approximate surface area is 139 Å². The number of halogens is 3. The molecular weight excluding hydrogens is 329 g/mol. The summed E-state index contributed by atoms with van der Waals surface area (Å²) in [5, 5.41) is 4.95. The Morgan fingerprint density at radius 3 is 2.33 bits per heavy atom. The minimum atomic E-state index is -0.0964. The van der Waals surface area contributed by atoms with Crippen LogP contribution in [0.15, 0.2) is 42.5 Å². The van der Waals surface area contributed by atoms with Crippen LogP contribution in [0.3, 0.4) is 0 Å². The van der Waals surface area contributed by atoms with Gasteiger partial charge >= 0.3 is 0 Å².